The summed E-state index contributed by atoms with van der Waals surface area (Å²) in [6, 6.07) is 7.85. The lowest BCUT2D eigenvalue weighted by Gasteiger charge is -2.08. The minimum Gasteiger partial charge on any atom is -0.335 e. The van der Waals surface area contributed by atoms with Gasteiger partial charge in [0, 0.05) is 52.1 Å². The van der Waals surface area contributed by atoms with E-state index in [2.05, 4.69) is 49.2 Å². The van der Waals surface area contributed by atoms with Crippen LogP contribution in [0.2, 0.25) is 0 Å². The van der Waals surface area contributed by atoms with Crippen molar-refractivity contribution in [1.82, 2.24) is 35.1 Å². The van der Waals surface area contributed by atoms with Gasteiger partial charge in [0.1, 0.15) is 11.2 Å². The van der Waals surface area contributed by atoms with Crippen LogP contribution in [0.3, 0.4) is 0 Å². The van der Waals surface area contributed by atoms with E-state index in [0.717, 1.165) is 43.7 Å². The summed E-state index contributed by atoms with van der Waals surface area (Å²) >= 11 is 1.71. The molecule has 0 spiro atoms. The molecular weight excluding hydrogens is 439 g/mol. The van der Waals surface area contributed by atoms with Crippen LogP contribution in [-0.2, 0) is 0 Å². The van der Waals surface area contributed by atoms with Crippen molar-refractivity contribution in [3.05, 3.63) is 60.1 Å². The van der Waals surface area contributed by atoms with Crippen molar-refractivity contribution in [3.8, 4) is 33.1 Å². The molecule has 6 rings (SSSR count). The molecule has 10 heteroatoms. The van der Waals surface area contributed by atoms with Crippen molar-refractivity contribution < 1.29 is 4.48 Å². The molecule has 0 aliphatic rings. The van der Waals surface area contributed by atoms with Gasteiger partial charge in [-0.05, 0) is 31.2 Å². The maximum absolute atomic E-state index is 13.6. The smallest absolute Gasteiger partial charge is 0.181 e. The summed E-state index contributed by atoms with van der Waals surface area (Å²) in [5.74, 6) is 0.643. The van der Waals surface area contributed by atoms with Crippen LogP contribution in [0.15, 0.2) is 55.2 Å². The second-order valence-corrected chi connectivity index (χ2v) is 8.97. The number of halogens is 1. The van der Waals surface area contributed by atoms with Crippen LogP contribution in [0.25, 0.3) is 55.2 Å². The van der Waals surface area contributed by atoms with Gasteiger partial charge in [-0.15, -0.1) is 15.8 Å². The Balaban J connectivity index is 1.48. The lowest BCUT2D eigenvalue weighted by molar-refractivity contribution is 0.475. The molecule has 0 bridgehead atoms. The Morgan fingerprint density at radius 1 is 1.00 bits per heavy atom. The third kappa shape index (κ3) is 3.31. The Hall–Kier alpha value is -4.18. The standard InChI is InChI=1S/C23H17FN8S/c1-12-3-4-19(33-12)17-10-26-11-18-20(17)29-23(28-18)21-16-6-14(8-27-22(16)31-30-21)13-5-15(32(2)24)9-25-7-13/h3-11H,1-2H3,(H,28,29)(H,27,30,31). The van der Waals surface area contributed by atoms with Crippen molar-refractivity contribution in [1.29, 1.82) is 0 Å². The SMILES string of the molecule is Cc1ccc(-c2cncc3[nH]c(-c4[nH]nc5ncc(-c6cncc(N(C)F)c6)cc45)nc23)s1. The van der Waals surface area contributed by atoms with Crippen LogP contribution in [0, 0.1) is 6.92 Å². The number of nitrogens with zero attached hydrogens (tertiary/aromatic N) is 6. The van der Waals surface area contributed by atoms with E-state index in [-0.39, 0.29) is 0 Å². The van der Waals surface area contributed by atoms with Crippen molar-refractivity contribution in [2.75, 3.05) is 12.2 Å². The summed E-state index contributed by atoms with van der Waals surface area (Å²) in [6.45, 7) is 2.08. The molecule has 0 aliphatic heterocycles. The third-order valence-corrected chi connectivity index (χ3v) is 6.49. The Kier molecular flexibility index (Phi) is 4.40. The van der Waals surface area contributed by atoms with Crippen molar-refractivity contribution in [2.45, 2.75) is 6.92 Å². The number of fused-ring (bicyclic) bond motifs is 2. The molecule has 0 amide bonds. The predicted molar refractivity (Wildman–Crippen MR) is 128 cm³/mol. The topological polar surface area (TPSA) is 99.3 Å². The number of hydrogen-bond donors (Lipinski definition) is 2. The number of pyridine rings is 3. The van der Waals surface area contributed by atoms with E-state index in [9.17, 15) is 4.48 Å². The predicted octanol–water partition coefficient (Wildman–Crippen LogP) is 5.32. The van der Waals surface area contributed by atoms with E-state index >= 15 is 0 Å². The number of aryl methyl sites for hydroxylation is 1. The second kappa shape index (κ2) is 7.45. The molecule has 0 saturated heterocycles. The average molecular weight is 457 g/mol. The molecule has 0 aliphatic carbocycles. The average Bonchev–Trinajstić information content (AvgIpc) is 3.55. The van der Waals surface area contributed by atoms with E-state index < -0.39 is 0 Å². The lowest BCUT2D eigenvalue weighted by atomic mass is 10.1. The number of anilines is 1. The Morgan fingerprint density at radius 2 is 1.85 bits per heavy atom. The largest absolute Gasteiger partial charge is 0.335 e. The van der Waals surface area contributed by atoms with Gasteiger partial charge in [-0.3, -0.25) is 15.1 Å². The van der Waals surface area contributed by atoms with Crippen LogP contribution >= 0.6 is 11.3 Å². The van der Waals surface area contributed by atoms with Gasteiger partial charge in [-0.25, -0.2) is 15.1 Å². The van der Waals surface area contributed by atoms with Crippen LogP contribution in [0.1, 0.15) is 4.88 Å². The van der Waals surface area contributed by atoms with E-state index in [1.54, 1.807) is 36.0 Å². The fourth-order valence-corrected chi connectivity index (χ4v) is 4.68. The Bertz CT molecular complexity index is 1630. The number of H-pyrrole nitrogens is 2. The van der Waals surface area contributed by atoms with Gasteiger partial charge in [0.2, 0.25) is 0 Å². The maximum atomic E-state index is 13.6. The van der Waals surface area contributed by atoms with Crippen LogP contribution < -0.4 is 5.12 Å². The fourth-order valence-electron chi connectivity index (χ4n) is 3.80. The van der Waals surface area contributed by atoms with Gasteiger partial charge < -0.3 is 4.98 Å². The zero-order valence-electron chi connectivity index (χ0n) is 17.7. The number of nitrogens with one attached hydrogen (secondary N) is 2. The minimum atomic E-state index is 0.362. The van der Waals surface area contributed by atoms with Gasteiger partial charge in [0.25, 0.3) is 0 Å². The van der Waals surface area contributed by atoms with Crippen molar-refractivity contribution in [3.63, 3.8) is 0 Å². The van der Waals surface area contributed by atoms with E-state index in [4.69, 9.17) is 4.98 Å². The first kappa shape index (κ1) is 19.5. The summed E-state index contributed by atoms with van der Waals surface area (Å²) in [6.07, 6.45) is 8.45. The molecule has 0 fully saturated rings. The molecule has 0 aromatic carbocycles. The van der Waals surface area contributed by atoms with Gasteiger partial charge in [-0.1, -0.05) is 0 Å². The number of hydrogen-bond acceptors (Lipinski definition) is 7. The lowest BCUT2D eigenvalue weighted by Crippen LogP contribution is -2.02. The van der Waals surface area contributed by atoms with Gasteiger partial charge in [0.05, 0.1) is 29.0 Å². The first-order valence-corrected chi connectivity index (χ1v) is 11.0. The number of aromatic amines is 2. The van der Waals surface area contributed by atoms with Gasteiger partial charge in [0.15, 0.2) is 11.5 Å². The molecule has 162 valence electrons. The van der Waals surface area contributed by atoms with Crippen molar-refractivity contribution >= 4 is 39.1 Å². The van der Waals surface area contributed by atoms with Crippen LogP contribution in [0.5, 0.6) is 0 Å². The first-order valence-electron chi connectivity index (χ1n) is 10.2. The molecule has 6 heterocycles. The quantitative estimate of drug-likeness (QED) is 0.349. The van der Waals surface area contributed by atoms with E-state index in [1.165, 1.54) is 18.1 Å². The van der Waals surface area contributed by atoms with Gasteiger partial charge in [-0.2, -0.15) is 5.10 Å². The van der Waals surface area contributed by atoms with Crippen molar-refractivity contribution in [2.24, 2.45) is 0 Å². The first-order chi connectivity index (χ1) is 16.1. The molecule has 0 radical (unpaired) electrons. The summed E-state index contributed by atoms with van der Waals surface area (Å²) in [5.41, 5.74) is 5.86. The molecular formula is C23H17FN8S. The van der Waals surface area contributed by atoms with Crippen LogP contribution in [0.4, 0.5) is 10.2 Å². The zero-order chi connectivity index (χ0) is 22.5. The molecule has 0 atom stereocenters. The monoisotopic (exact) mass is 456 g/mol. The fraction of sp³-hybridized carbons (Fsp3) is 0.0870. The van der Waals surface area contributed by atoms with E-state index in [1.807, 2.05) is 12.3 Å². The van der Waals surface area contributed by atoms with Crippen LogP contribution in [-0.4, -0.2) is 42.2 Å². The highest BCUT2D eigenvalue weighted by atomic mass is 32.1. The number of aromatic nitrogens is 7. The summed E-state index contributed by atoms with van der Waals surface area (Å²) < 4.78 is 13.6. The normalized spacial score (nSPS) is 11.5. The molecule has 0 saturated carbocycles. The molecule has 0 unspecified atom stereocenters. The third-order valence-electron chi connectivity index (χ3n) is 5.46. The zero-order valence-corrected chi connectivity index (χ0v) is 18.5. The number of thiophene rings is 1. The number of imidazole rings is 1. The minimum absolute atomic E-state index is 0.362. The maximum Gasteiger partial charge on any atom is 0.181 e. The van der Waals surface area contributed by atoms with Gasteiger partial charge >= 0.3 is 0 Å². The highest BCUT2D eigenvalue weighted by Crippen LogP contribution is 2.34. The molecule has 2 N–H and O–H groups in total. The molecule has 33 heavy (non-hydrogen) atoms. The van der Waals surface area contributed by atoms with E-state index in [0.29, 0.717) is 22.3 Å². The summed E-state index contributed by atoms with van der Waals surface area (Å²) in [4.78, 5) is 23.6. The summed E-state index contributed by atoms with van der Waals surface area (Å²) in [5, 5.41) is 8.72. The highest BCUT2D eigenvalue weighted by molar-refractivity contribution is 7.15. The summed E-state index contributed by atoms with van der Waals surface area (Å²) in [7, 11) is 1.33. The second-order valence-electron chi connectivity index (χ2n) is 7.68. The Morgan fingerprint density at radius 3 is 2.67 bits per heavy atom. The molecule has 8 nitrogen and oxygen atoms in total. The highest BCUT2D eigenvalue weighted by Gasteiger charge is 2.17. The Labute approximate surface area is 191 Å². The number of rotatable bonds is 4. The molecule has 6 aromatic rings. The molecule has 6 aromatic heterocycles.